The van der Waals surface area contributed by atoms with Gasteiger partial charge in [-0.05, 0) is 35.8 Å². The summed E-state index contributed by atoms with van der Waals surface area (Å²) in [7, 11) is 0. The van der Waals surface area contributed by atoms with Gasteiger partial charge < -0.3 is 10.2 Å². The molecule has 1 N–H and O–H groups in total. The third kappa shape index (κ3) is 3.80. The summed E-state index contributed by atoms with van der Waals surface area (Å²) in [5.41, 5.74) is 5.43. The fourth-order valence-electron chi connectivity index (χ4n) is 4.39. The summed E-state index contributed by atoms with van der Waals surface area (Å²) in [4.78, 5) is 32.1. The number of pyridine rings is 1. The number of anilines is 1. The van der Waals surface area contributed by atoms with Gasteiger partial charge in [0.15, 0.2) is 0 Å². The van der Waals surface area contributed by atoms with Gasteiger partial charge in [0.1, 0.15) is 17.2 Å². The third-order valence-corrected chi connectivity index (χ3v) is 6.00. The van der Waals surface area contributed by atoms with Crippen molar-refractivity contribution in [3.05, 3.63) is 95.8 Å². The van der Waals surface area contributed by atoms with Gasteiger partial charge in [0.05, 0.1) is 12.5 Å². The number of aryl methyl sites for hydroxylation is 1. The van der Waals surface area contributed by atoms with Gasteiger partial charge in [-0.3, -0.25) is 14.0 Å². The van der Waals surface area contributed by atoms with Gasteiger partial charge >= 0.3 is 0 Å². The Balaban J connectivity index is 1.51. The van der Waals surface area contributed by atoms with Gasteiger partial charge in [-0.25, -0.2) is 4.98 Å². The quantitative estimate of drug-likeness (QED) is 0.477. The molecule has 0 bridgehead atoms. The minimum atomic E-state index is -0.371. The zero-order chi connectivity index (χ0) is 22.9. The van der Waals surface area contributed by atoms with Gasteiger partial charge in [-0.1, -0.05) is 60.7 Å². The average molecular weight is 437 g/mol. The first kappa shape index (κ1) is 20.7. The lowest BCUT2D eigenvalue weighted by Gasteiger charge is -2.32. The summed E-state index contributed by atoms with van der Waals surface area (Å²) in [6, 6.07) is 21.2. The minimum Gasteiger partial charge on any atom is -0.311 e. The normalized spacial score (nSPS) is 14.8. The smallest absolute Gasteiger partial charge is 0.227 e. The zero-order valence-electron chi connectivity index (χ0n) is 18.5. The van der Waals surface area contributed by atoms with Crippen molar-refractivity contribution in [1.29, 1.82) is 0 Å². The average Bonchev–Trinajstić information content (AvgIpc) is 3.19. The molecule has 5 rings (SSSR count). The molecule has 0 aliphatic carbocycles. The van der Waals surface area contributed by atoms with E-state index < -0.39 is 0 Å². The van der Waals surface area contributed by atoms with Gasteiger partial charge in [-0.2, -0.15) is 0 Å². The number of hydrogen-bond acceptors (Lipinski definition) is 3. The molecule has 3 heterocycles. The third-order valence-electron chi connectivity index (χ3n) is 6.00. The minimum absolute atomic E-state index is 0.103. The van der Waals surface area contributed by atoms with E-state index in [-0.39, 0.29) is 24.3 Å². The van der Waals surface area contributed by atoms with Crippen molar-refractivity contribution in [3.8, 4) is 11.3 Å². The number of imidazole rings is 1. The van der Waals surface area contributed by atoms with Gasteiger partial charge in [0.25, 0.3) is 0 Å². The monoisotopic (exact) mass is 436 g/mol. The fourth-order valence-corrected chi connectivity index (χ4v) is 4.39. The van der Waals surface area contributed by atoms with Crippen molar-refractivity contribution >= 4 is 29.4 Å². The van der Waals surface area contributed by atoms with Crippen molar-refractivity contribution in [1.82, 2.24) is 14.3 Å². The molecule has 0 fully saturated rings. The zero-order valence-corrected chi connectivity index (χ0v) is 18.5. The molecule has 1 unspecified atom stereocenters. The standard InChI is InChI=1S/C27H24N4O2/c1-18-9-8-15-31-26(18)29-25(21-11-4-3-5-12-21)27(31)28-24(33)17-23-22-13-7-6-10-20(22)14-16-30(23)19(2)32/h3-16,23H,17H2,1-2H3,(H,28,33). The highest BCUT2D eigenvalue weighted by Gasteiger charge is 2.29. The summed E-state index contributed by atoms with van der Waals surface area (Å²) in [5.74, 6) is 0.338. The van der Waals surface area contributed by atoms with E-state index in [9.17, 15) is 9.59 Å². The van der Waals surface area contributed by atoms with Crippen LogP contribution in [0.2, 0.25) is 0 Å². The summed E-state index contributed by atoms with van der Waals surface area (Å²) < 4.78 is 1.91. The van der Waals surface area contributed by atoms with Crippen LogP contribution in [-0.2, 0) is 9.59 Å². The first-order valence-corrected chi connectivity index (χ1v) is 10.9. The summed E-state index contributed by atoms with van der Waals surface area (Å²) in [6.07, 6.45) is 5.70. The first-order chi connectivity index (χ1) is 16.0. The maximum Gasteiger partial charge on any atom is 0.227 e. The molecule has 6 nitrogen and oxygen atoms in total. The molecule has 0 saturated carbocycles. The van der Waals surface area contributed by atoms with E-state index in [0.717, 1.165) is 27.9 Å². The Hall–Kier alpha value is -4.19. The molecule has 164 valence electrons. The SMILES string of the molecule is CC(=O)N1C=Cc2ccccc2C1CC(=O)Nc1c(-c2ccccc2)nc2c(C)cccn12. The number of nitrogens with zero attached hydrogens (tertiary/aromatic N) is 3. The molecule has 0 saturated heterocycles. The number of carbonyl (C=O) groups is 2. The Bertz CT molecular complexity index is 1390. The Morgan fingerprint density at radius 2 is 1.76 bits per heavy atom. The van der Waals surface area contributed by atoms with Crippen LogP contribution < -0.4 is 5.32 Å². The van der Waals surface area contributed by atoms with E-state index in [1.165, 1.54) is 6.92 Å². The lowest BCUT2D eigenvalue weighted by atomic mass is 9.93. The van der Waals surface area contributed by atoms with E-state index in [1.807, 2.05) is 90.3 Å². The molecule has 33 heavy (non-hydrogen) atoms. The molecule has 1 aliphatic rings. The summed E-state index contributed by atoms with van der Waals surface area (Å²) >= 11 is 0. The highest BCUT2D eigenvalue weighted by Crippen LogP contribution is 2.34. The second-order valence-electron chi connectivity index (χ2n) is 8.20. The van der Waals surface area contributed by atoms with Gasteiger partial charge in [0, 0.05) is 24.9 Å². The Morgan fingerprint density at radius 1 is 1.00 bits per heavy atom. The van der Waals surface area contributed by atoms with Crippen LogP contribution in [0, 0.1) is 6.92 Å². The number of aromatic nitrogens is 2. The maximum atomic E-state index is 13.4. The number of carbonyl (C=O) groups excluding carboxylic acids is 2. The van der Waals surface area contributed by atoms with Crippen LogP contribution in [0.4, 0.5) is 5.82 Å². The molecular weight excluding hydrogens is 412 g/mol. The van der Waals surface area contributed by atoms with Crippen LogP contribution in [0.5, 0.6) is 0 Å². The van der Waals surface area contributed by atoms with E-state index in [1.54, 1.807) is 11.1 Å². The van der Waals surface area contributed by atoms with Crippen molar-refractivity contribution in [2.45, 2.75) is 26.3 Å². The number of amides is 2. The Morgan fingerprint density at radius 3 is 2.55 bits per heavy atom. The molecule has 2 aromatic carbocycles. The van der Waals surface area contributed by atoms with Crippen molar-refractivity contribution in [2.75, 3.05) is 5.32 Å². The van der Waals surface area contributed by atoms with Crippen LogP contribution >= 0.6 is 0 Å². The molecular formula is C27H24N4O2. The summed E-state index contributed by atoms with van der Waals surface area (Å²) in [6.45, 7) is 3.52. The molecule has 4 aromatic rings. The lowest BCUT2D eigenvalue weighted by Crippen LogP contribution is -2.33. The molecule has 6 heteroatoms. The van der Waals surface area contributed by atoms with Crippen LogP contribution in [0.3, 0.4) is 0 Å². The lowest BCUT2D eigenvalue weighted by molar-refractivity contribution is -0.129. The highest BCUT2D eigenvalue weighted by molar-refractivity contribution is 5.95. The van der Waals surface area contributed by atoms with Crippen LogP contribution in [0.1, 0.15) is 36.1 Å². The Kier molecular flexibility index (Phi) is 5.26. The van der Waals surface area contributed by atoms with E-state index in [0.29, 0.717) is 11.5 Å². The second kappa shape index (κ2) is 8.39. The largest absolute Gasteiger partial charge is 0.311 e. The van der Waals surface area contributed by atoms with Crippen molar-refractivity contribution in [3.63, 3.8) is 0 Å². The second-order valence-corrected chi connectivity index (χ2v) is 8.20. The number of fused-ring (bicyclic) bond motifs is 2. The fraction of sp³-hybridized carbons (Fsp3) is 0.148. The van der Waals surface area contributed by atoms with Crippen LogP contribution in [-0.4, -0.2) is 26.1 Å². The molecule has 1 aliphatic heterocycles. The predicted molar refractivity (Wildman–Crippen MR) is 129 cm³/mol. The van der Waals surface area contributed by atoms with Crippen molar-refractivity contribution in [2.24, 2.45) is 0 Å². The number of hydrogen-bond donors (Lipinski definition) is 1. The summed E-state index contributed by atoms with van der Waals surface area (Å²) in [5, 5.41) is 3.10. The Labute approximate surface area is 192 Å². The van der Waals surface area contributed by atoms with Gasteiger partial charge in [-0.15, -0.1) is 0 Å². The number of nitrogens with one attached hydrogen (secondary N) is 1. The van der Waals surface area contributed by atoms with E-state index in [4.69, 9.17) is 4.98 Å². The highest BCUT2D eigenvalue weighted by atomic mass is 16.2. The molecule has 2 amide bonds. The number of rotatable bonds is 4. The number of benzene rings is 2. The van der Waals surface area contributed by atoms with Crippen LogP contribution in [0.15, 0.2) is 79.1 Å². The first-order valence-electron chi connectivity index (χ1n) is 10.9. The molecule has 1 atom stereocenters. The molecule has 0 radical (unpaired) electrons. The van der Waals surface area contributed by atoms with Gasteiger partial charge in [0.2, 0.25) is 11.8 Å². The van der Waals surface area contributed by atoms with E-state index in [2.05, 4.69) is 5.32 Å². The maximum absolute atomic E-state index is 13.4. The van der Waals surface area contributed by atoms with Crippen molar-refractivity contribution < 1.29 is 9.59 Å². The topological polar surface area (TPSA) is 66.7 Å². The predicted octanol–water partition coefficient (Wildman–Crippen LogP) is 5.21. The van der Waals surface area contributed by atoms with E-state index >= 15 is 0 Å². The van der Waals surface area contributed by atoms with Crippen LogP contribution in [0.25, 0.3) is 23.0 Å². The molecule has 2 aromatic heterocycles. The molecule has 0 spiro atoms.